The molecule has 5 heteroatoms. The highest BCUT2D eigenvalue weighted by Gasteiger charge is 2.30. The lowest BCUT2D eigenvalue weighted by molar-refractivity contribution is -0.137. The van der Waals surface area contributed by atoms with E-state index in [9.17, 15) is 13.6 Å². The van der Waals surface area contributed by atoms with Crippen LogP contribution in [-0.4, -0.2) is 23.9 Å². The Morgan fingerprint density at radius 1 is 1.38 bits per heavy atom. The highest BCUT2D eigenvalue weighted by molar-refractivity contribution is 5.79. The fourth-order valence-electron chi connectivity index (χ4n) is 2.97. The Hall–Kier alpha value is -1.49. The van der Waals surface area contributed by atoms with E-state index < -0.39 is 17.7 Å². The Morgan fingerprint density at radius 2 is 2.10 bits per heavy atom. The quantitative estimate of drug-likeness (QED) is 0.932. The second kappa shape index (κ2) is 6.52. The predicted molar refractivity (Wildman–Crippen MR) is 77.5 cm³/mol. The van der Waals surface area contributed by atoms with Gasteiger partial charge in [-0.1, -0.05) is 6.42 Å². The van der Waals surface area contributed by atoms with Crippen LogP contribution in [0.3, 0.4) is 0 Å². The third-order valence-corrected chi connectivity index (χ3v) is 4.40. The molecule has 0 spiro atoms. The minimum absolute atomic E-state index is 0.0405. The second-order valence-corrected chi connectivity index (χ2v) is 5.91. The molecule has 2 rings (SSSR count). The fraction of sp³-hybridized carbons (Fsp3) is 0.562. The Kier molecular flexibility index (Phi) is 4.93. The SMILES string of the molecule is CC(c1cc(F)ccc1F)N(C)C(=O)C1CCCC(N)C1. The van der Waals surface area contributed by atoms with Crippen LogP contribution in [-0.2, 0) is 4.79 Å². The molecule has 1 amide bonds. The van der Waals surface area contributed by atoms with Crippen molar-refractivity contribution in [3.63, 3.8) is 0 Å². The van der Waals surface area contributed by atoms with Crippen molar-refractivity contribution in [1.82, 2.24) is 4.90 Å². The van der Waals surface area contributed by atoms with E-state index in [0.29, 0.717) is 6.42 Å². The smallest absolute Gasteiger partial charge is 0.225 e. The zero-order valence-electron chi connectivity index (χ0n) is 12.5. The largest absolute Gasteiger partial charge is 0.339 e. The third kappa shape index (κ3) is 3.59. The Balaban J connectivity index is 2.12. The van der Waals surface area contributed by atoms with Gasteiger partial charge in [0.15, 0.2) is 0 Å². The van der Waals surface area contributed by atoms with Gasteiger partial charge in [-0.3, -0.25) is 4.79 Å². The molecule has 0 saturated heterocycles. The highest BCUT2D eigenvalue weighted by Crippen LogP contribution is 2.29. The number of nitrogens with zero attached hydrogens (tertiary/aromatic N) is 1. The van der Waals surface area contributed by atoms with Crippen molar-refractivity contribution in [3.05, 3.63) is 35.4 Å². The average molecular weight is 296 g/mol. The van der Waals surface area contributed by atoms with Crippen LogP contribution in [0.15, 0.2) is 18.2 Å². The number of halogens is 2. The third-order valence-electron chi connectivity index (χ3n) is 4.40. The summed E-state index contributed by atoms with van der Waals surface area (Å²) in [5, 5.41) is 0. The first-order valence-corrected chi connectivity index (χ1v) is 7.37. The molecule has 116 valence electrons. The van der Waals surface area contributed by atoms with E-state index in [4.69, 9.17) is 5.73 Å². The van der Waals surface area contributed by atoms with E-state index in [-0.39, 0.29) is 23.4 Å². The van der Waals surface area contributed by atoms with Gasteiger partial charge in [0.1, 0.15) is 11.6 Å². The second-order valence-electron chi connectivity index (χ2n) is 5.91. The number of rotatable bonds is 3. The lowest BCUT2D eigenvalue weighted by Crippen LogP contribution is -2.40. The van der Waals surface area contributed by atoms with Gasteiger partial charge in [-0.25, -0.2) is 8.78 Å². The molecule has 0 heterocycles. The van der Waals surface area contributed by atoms with Crippen LogP contribution in [0.25, 0.3) is 0 Å². The first-order valence-electron chi connectivity index (χ1n) is 7.37. The first kappa shape index (κ1) is 15.9. The summed E-state index contributed by atoms with van der Waals surface area (Å²) in [6.07, 6.45) is 3.37. The van der Waals surface area contributed by atoms with Gasteiger partial charge in [-0.2, -0.15) is 0 Å². The van der Waals surface area contributed by atoms with Gasteiger partial charge in [0.2, 0.25) is 5.91 Å². The summed E-state index contributed by atoms with van der Waals surface area (Å²) in [5.41, 5.74) is 6.11. The normalized spacial score (nSPS) is 23.7. The molecule has 2 N–H and O–H groups in total. The van der Waals surface area contributed by atoms with E-state index in [0.717, 1.165) is 37.5 Å². The van der Waals surface area contributed by atoms with E-state index in [1.54, 1.807) is 14.0 Å². The zero-order valence-corrected chi connectivity index (χ0v) is 12.5. The molecular formula is C16H22F2N2O. The van der Waals surface area contributed by atoms with Crippen molar-refractivity contribution in [2.24, 2.45) is 11.7 Å². The van der Waals surface area contributed by atoms with Gasteiger partial charge in [-0.05, 0) is 44.4 Å². The molecule has 0 radical (unpaired) electrons. The number of carbonyl (C=O) groups excluding carboxylic acids is 1. The Bertz CT molecular complexity index is 521. The highest BCUT2D eigenvalue weighted by atomic mass is 19.1. The summed E-state index contributed by atoms with van der Waals surface area (Å²) in [6, 6.07) is 2.87. The van der Waals surface area contributed by atoms with Crippen LogP contribution in [0.4, 0.5) is 8.78 Å². The van der Waals surface area contributed by atoms with Gasteiger partial charge in [0.25, 0.3) is 0 Å². The average Bonchev–Trinajstić information content (AvgIpc) is 2.47. The van der Waals surface area contributed by atoms with Gasteiger partial charge in [0.05, 0.1) is 6.04 Å². The lowest BCUT2D eigenvalue weighted by atomic mass is 9.85. The van der Waals surface area contributed by atoms with Crippen LogP contribution < -0.4 is 5.73 Å². The number of nitrogens with two attached hydrogens (primary N) is 1. The first-order chi connectivity index (χ1) is 9.90. The van der Waals surface area contributed by atoms with Crippen LogP contribution in [0.2, 0.25) is 0 Å². The van der Waals surface area contributed by atoms with Crippen molar-refractivity contribution in [1.29, 1.82) is 0 Å². The molecule has 0 aliphatic heterocycles. The van der Waals surface area contributed by atoms with Crippen LogP contribution in [0.5, 0.6) is 0 Å². The molecule has 1 aromatic carbocycles. The molecular weight excluding hydrogens is 274 g/mol. The van der Waals surface area contributed by atoms with Gasteiger partial charge < -0.3 is 10.6 Å². The van der Waals surface area contributed by atoms with Gasteiger partial charge in [0, 0.05) is 24.6 Å². The number of amides is 1. The molecule has 21 heavy (non-hydrogen) atoms. The molecule has 1 aromatic rings. The molecule has 3 unspecified atom stereocenters. The summed E-state index contributed by atoms with van der Waals surface area (Å²) in [4.78, 5) is 14.0. The minimum Gasteiger partial charge on any atom is -0.339 e. The van der Waals surface area contributed by atoms with Crippen LogP contribution in [0, 0.1) is 17.6 Å². The van der Waals surface area contributed by atoms with Crippen molar-refractivity contribution in [2.75, 3.05) is 7.05 Å². The Labute approximate surface area is 124 Å². The maximum absolute atomic E-state index is 13.8. The van der Waals surface area contributed by atoms with Gasteiger partial charge in [-0.15, -0.1) is 0 Å². The number of carbonyl (C=O) groups is 1. The van der Waals surface area contributed by atoms with Crippen molar-refractivity contribution >= 4 is 5.91 Å². The maximum atomic E-state index is 13.8. The minimum atomic E-state index is -0.508. The standard InChI is InChI=1S/C16H22F2N2O/c1-10(14-9-12(17)6-7-15(14)18)20(2)16(21)11-4-3-5-13(19)8-11/h6-7,9-11,13H,3-5,8,19H2,1-2H3. The van der Waals surface area contributed by atoms with E-state index >= 15 is 0 Å². The van der Waals surface area contributed by atoms with E-state index in [2.05, 4.69) is 0 Å². The van der Waals surface area contributed by atoms with Crippen LogP contribution in [0.1, 0.15) is 44.2 Å². The summed E-state index contributed by atoms with van der Waals surface area (Å²) in [6.45, 7) is 1.71. The van der Waals surface area contributed by atoms with E-state index in [1.165, 1.54) is 4.90 Å². The molecule has 0 bridgehead atoms. The number of hydrogen-bond donors (Lipinski definition) is 1. The topological polar surface area (TPSA) is 46.3 Å². The van der Waals surface area contributed by atoms with Crippen LogP contribution >= 0.6 is 0 Å². The summed E-state index contributed by atoms with van der Waals surface area (Å²) >= 11 is 0. The molecule has 3 nitrogen and oxygen atoms in total. The predicted octanol–water partition coefficient (Wildman–Crippen LogP) is 3.00. The molecule has 1 aliphatic rings. The van der Waals surface area contributed by atoms with Crippen molar-refractivity contribution in [3.8, 4) is 0 Å². The summed E-state index contributed by atoms with van der Waals surface area (Å²) in [7, 11) is 1.64. The zero-order chi connectivity index (χ0) is 15.6. The molecule has 1 fully saturated rings. The molecule has 1 aliphatic carbocycles. The maximum Gasteiger partial charge on any atom is 0.225 e. The summed E-state index contributed by atoms with van der Waals surface area (Å²) in [5.74, 6) is -1.15. The van der Waals surface area contributed by atoms with Crippen molar-refractivity contribution < 1.29 is 13.6 Å². The summed E-state index contributed by atoms with van der Waals surface area (Å²) < 4.78 is 27.1. The monoisotopic (exact) mass is 296 g/mol. The molecule has 1 saturated carbocycles. The molecule has 0 aromatic heterocycles. The molecule has 3 atom stereocenters. The Morgan fingerprint density at radius 3 is 2.76 bits per heavy atom. The number of hydrogen-bond acceptors (Lipinski definition) is 2. The van der Waals surface area contributed by atoms with Gasteiger partial charge >= 0.3 is 0 Å². The van der Waals surface area contributed by atoms with E-state index in [1.807, 2.05) is 0 Å². The van der Waals surface area contributed by atoms with Crippen molar-refractivity contribution in [2.45, 2.75) is 44.7 Å². The fourth-order valence-corrected chi connectivity index (χ4v) is 2.97. The number of benzene rings is 1. The lowest BCUT2D eigenvalue weighted by Gasteiger charge is -2.32.